The molecule has 2 rings (SSSR count). The number of carbonyl (C=O) groups is 1. The number of urea groups is 1. The summed E-state index contributed by atoms with van der Waals surface area (Å²) in [7, 11) is -3.56. The second-order valence-electron chi connectivity index (χ2n) is 4.77. The normalized spacial score (nSPS) is 17.0. The molecule has 1 fully saturated rings. The van der Waals surface area contributed by atoms with E-state index in [1.54, 1.807) is 4.90 Å². The van der Waals surface area contributed by atoms with Gasteiger partial charge < -0.3 is 15.2 Å². The first-order valence-electron chi connectivity index (χ1n) is 7.05. The van der Waals surface area contributed by atoms with E-state index in [4.69, 9.17) is 0 Å². The lowest BCUT2D eigenvalue weighted by atomic mass is 10.4. The fraction of sp³-hybridized carbons (Fsp3) is 0.667. The van der Waals surface area contributed by atoms with Crippen molar-refractivity contribution in [3.05, 3.63) is 12.0 Å². The number of carbonyl (C=O) groups excluding carboxylic acids is 1. The zero-order chi connectivity index (χ0) is 15.5. The van der Waals surface area contributed by atoms with Crippen LogP contribution >= 0.6 is 0 Å². The molecule has 2 heterocycles. The highest BCUT2D eigenvalue weighted by molar-refractivity contribution is 7.89. The van der Waals surface area contributed by atoms with Gasteiger partial charge in [0.15, 0.2) is 5.03 Å². The highest BCUT2D eigenvalue weighted by Crippen LogP contribution is 2.16. The van der Waals surface area contributed by atoms with Crippen LogP contribution in [0.5, 0.6) is 0 Å². The maximum atomic E-state index is 12.5. The maximum absolute atomic E-state index is 12.5. The Morgan fingerprint density at radius 3 is 2.52 bits per heavy atom. The van der Waals surface area contributed by atoms with Gasteiger partial charge in [0.05, 0.1) is 6.20 Å². The van der Waals surface area contributed by atoms with Crippen molar-refractivity contribution < 1.29 is 13.2 Å². The summed E-state index contributed by atoms with van der Waals surface area (Å²) in [6.45, 7) is 5.67. The lowest BCUT2D eigenvalue weighted by Gasteiger charge is -2.33. The summed E-state index contributed by atoms with van der Waals surface area (Å²) in [5.74, 6) is 0.648. The van der Waals surface area contributed by atoms with Gasteiger partial charge in [0.25, 0.3) is 10.0 Å². The summed E-state index contributed by atoms with van der Waals surface area (Å²) in [5.41, 5.74) is 0. The predicted molar refractivity (Wildman–Crippen MR) is 77.4 cm³/mol. The van der Waals surface area contributed by atoms with Gasteiger partial charge in [-0.1, -0.05) is 6.92 Å². The van der Waals surface area contributed by atoms with Crippen LogP contribution in [-0.4, -0.2) is 66.3 Å². The molecule has 9 heteroatoms. The van der Waals surface area contributed by atoms with Crippen LogP contribution in [0.3, 0.4) is 0 Å². The second kappa shape index (κ2) is 6.44. The Labute approximate surface area is 124 Å². The van der Waals surface area contributed by atoms with E-state index in [9.17, 15) is 13.2 Å². The Morgan fingerprint density at radius 1 is 1.33 bits per heavy atom. The van der Waals surface area contributed by atoms with E-state index in [0.717, 1.165) is 0 Å². The third-order valence-corrected chi connectivity index (χ3v) is 5.22. The average Bonchev–Trinajstić information content (AvgIpc) is 2.97. The molecule has 2 amide bonds. The van der Waals surface area contributed by atoms with Crippen LogP contribution < -0.4 is 5.32 Å². The Bertz CT molecular complexity index is 590. The molecule has 21 heavy (non-hydrogen) atoms. The minimum Gasteiger partial charge on any atom is -0.338 e. The van der Waals surface area contributed by atoms with E-state index in [1.807, 2.05) is 13.8 Å². The fourth-order valence-corrected chi connectivity index (χ4v) is 3.54. The highest BCUT2D eigenvalue weighted by atomic mass is 32.2. The van der Waals surface area contributed by atoms with E-state index in [0.29, 0.717) is 45.0 Å². The maximum Gasteiger partial charge on any atom is 0.317 e. The monoisotopic (exact) mass is 315 g/mol. The largest absolute Gasteiger partial charge is 0.338 e. The first kappa shape index (κ1) is 15.8. The molecule has 0 bridgehead atoms. The summed E-state index contributed by atoms with van der Waals surface area (Å²) < 4.78 is 26.3. The van der Waals surface area contributed by atoms with Crippen molar-refractivity contribution in [3.63, 3.8) is 0 Å². The van der Waals surface area contributed by atoms with Gasteiger partial charge >= 0.3 is 6.03 Å². The van der Waals surface area contributed by atoms with Gasteiger partial charge in [0.2, 0.25) is 0 Å². The average molecular weight is 315 g/mol. The van der Waals surface area contributed by atoms with Crippen LogP contribution in [0.15, 0.2) is 11.2 Å². The number of sulfonamides is 1. The van der Waals surface area contributed by atoms with Gasteiger partial charge in [-0.15, -0.1) is 0 Å². The molecule has 1 aromatic heterocycles. The van der Waals surface area contributed by atoms with Crippen LogP contribution in [0.2, 0.25) is 0 Å². The van der Waals surface area contributed by atoms with Crippen molar-refractivity contribution in [2.75, 3.05) is 32.7 Å². The Morgan fingerprint density at radius 2 is 2.00 bits per heavy atom. The number of H-pyrrole nitrogens is 1. The molecule has 0 radical (unpaired) electrons. The molecule has 1 saturated heterocycles. The van der Waals surface area contributed by atoms with Crippen molar-refractivity contribution in [2.24, 2.45) is 0 Å². The molecule has 0 saturated carbocycles. The van der Waals surface area contributed by atoms with Crippen LogP contribution in [0.25, 0.3) is 0 Å². The third-order valence-electron chi connectivity index (χ3n) is 3.41. The topological polar surface area (TPSA) is 98.4 Å². The summed E-state index contributed by atoms with van der Waals surface area (Å²) >= 11 is 0. The molecule has 0 spiro atoms. The predicted octanol–water partition coefficient (Wildman–Crippen LogP) is 0.00790. The number of aromatic nitrogens is 2. The van der Waals surface area contributed by atoms with Crippen molar-refractivity contribution in [2.45, 2.75) is 25.3 Å². The van der Waals surface area contributed by atoms with Gasteiger partial charge in [-0.3, -0.25) is 0 Å². The molecule has 8 nitrogen and oxygen atoms in total. The fourth-order valence-electron chi connectivity index (χ4n) is 2.19. The molecule has 2 N–H and O–H groups in total. The zero-order valence-corrected chi connectivity index (χ0v) is 13.1. The molecule has 1 aliphatic heterocycles. The van der Waals surface area contributed by atoms with E-state index in [1.165, 1.54) is 10.5 Å². The number of aryl methyl sites for hydroxylation is 1. The first-order chi connectivity index (χ1) is 9.98. The number of piperazine rings is 1. The SMILES string of the molecule is CCNC(=O)N1CCN(S(=O)(=O)c2cnc(CC)[nH]2)CC1. The van der Waals surface area contributed by atoms with Crippen molar-refractivity contribution in [3.8, 4) is 0 Å². The van der Waals surface area contributed by atoms with E-state index in [2.05, 4.69) is 15.3 Å². The van der Waals surface area contributed by atoms with Gasteiger partial charge in [0.1, 0.15) is 5.82 Å². The van der Waals surface area contributed by atoms with Gasteiger partial charge in [-0.2, -0.15) is 4.31 Å². The van der Waals surface area contributed by atoms with Crippen LogP contribution in [-0.2, 0) is 16.4 Å². The number of nitrogens with zero attached hydrogens (tertiary/aromatic N) is 3. The zero-order valence-electron chi connectivity index (χ0n) is 12.3. The molecular formula is C12H21N5O3S. The van der Waals surface area contributed by atoms with E-state index in [-0.39, 0.29) is 11.1 Å². The highest BCUT2D eigenvalue weighted by Gasteiger charge is 2.31. The lowest BCUT2D eigenvalue weighted by Crippen LogP contribution is -2.53. The van der Waals surface area contributed by atoms with Crippen molar-refractivity contribution >= 4 is 16.1 Å². The van der Waals surface area contributed by atoms with E-state index >= 15 is 0 Å². The number of hydrogen-bond donors (Lipinski definition) is 2. The van der Waals surface area contributed by atoms with Crippen molar-refractivity contribution in [1.29, 1.82) is 0 Å². The Kier molecular flexibility index (Phi) is 4.84. The van der Waals surface area contributed by atoms with Gasteiger partial charge in [0, 0.05) is 39.1 Å². The first-order valence-corrected chi connectivity index (χ1v) is 8.49. The Balaban J connectivity index is 2.02. The summed E-state index contributed by atoms with van der Waals surface area (Å²) in [6, 6.07) is -0.149. The van der Waals surface area contributed by atoms with Crippen LogP contribution in [0.4, 0.5) is 4.79 Å². The number of amides is 2. The number of rotatable bonds is 4. The summed E-state index contributed by atoms with van der Waals surface area (Å²) in [4.78, 5) is 20.2. The number of nitrogens with one attached hydrogen (secondary N) is 2. The van der Waals surface area contributed by atoms with Gasteiger partial charge in [-0.05, 0) is 6.92 Å². The molecule has 118 valence electrons. The molecule has 0 aromatic carbocycles. The van der Waals surface area contributed by atoms with Gasteiger partial charge in [-0.25, -0.2) is 18.2 Å². The quantitative estimate of drug-likeness (QED) is 0.817. The second-order valence-corrected chi connectivity index (χ2v) is 6.68. The van der Waals surface area contributed by atoms with Crippen LogP contribution in [0.1, 0.15) is 19.7 Å². The smallest absolute Gasteiger partial charge is 0.317 e. The molecule has 0 atom stereocenters. The minimum atomic E-state index is -3.56. The van der Waals surface area contributed by atoms with Crippen LogP contribution in [0, 0.1) is 0 Å². The summed E-state index contributed by atoms with van der Waals surface area (Å²) in [5, 5.41) is 2.83. The third kappa shape index (κ3) is 3.35. The molecule has 0 aliphatic carbocycles. The number of hydrogen-bond acceptors (Lipinski definition) is 4. The minimum absolute atomic E-state index is 0.116. The molecule has 1 aromatic rings. The molecule has 0 unspecified atom stereocenters. The van der Waals surface area contributed by atoms with E-state index < -0.39 is 10.0 Å². The number of aromatic amines is 1. The van der Waals surface area contributed by atoms with Crippen molar-refractivity contribution in [1.82, 2.24) is 24.5 Å². The number of imidazole rings is 1. The summed E-state index contributed by atoms with van der Waals surface area (Å²) in [6.07, 6.45) is 2.00. The Hall–Kier alpha value is -1.61. The molecule has 1 aliphatic rings. The molecular weight excluding hydrogens is 294 g/mol. The lowest BCUT2D eigenvalue weighted by molar-refractivity contribution is 0.173. The standard InChI is InChI=1S/C12H21N5O3S/c1-3-10-14-9-11(15-10)21(19,20)17-7-5-16(6-8-17)12(18)13-4-2/h9H,3-8H2,1-2H3,(H,13,18)(H,14,15).